The van der Waals surface area contributed by atoms with Crippen LogP contribution in [0.15, 0.2) is 41.2 Å². The van der Waals surface area contributed by atoms with Crippen molar-refractivity contribution in [3.8, 4) is 0 Å². The standard InChI is InChI=1S/C12H12N2OS/c1-2-14(10-6-4-3-5-7-10)12(15)11-8-16-9-13-11/h3-9H,2H2,1H3. The molecular formula is C12H12N2OS. The second kappa shape index (κ2) is 4.90. The molecule has 1 aromatic carbocycles. The number of benzene rings is 1. The minimum absolute atomic E-state index is 0.0463. The van der Waals surface area contributed by atoms with Crippen molar-refractivity contribution >= 4 is 22.9 Å². The lowest BCUT2D eigenvalue weighted by atomic mass is 10.2. The lowest BCUT2D eigenvalue weighted by molar-refractivity contribution is 0.0984. The van der Waals surface area contributed by atoms with E-state index in [0.717, 1.165) is 5.69 Å². The lowest BCUT2D eigenvalue weighted by Gasteiger charge is -2.19. The summed E-state index contributed by atoms with van der Waals surface area (Å²) in [6, 6.07) is 9.63. The van der Waals surface area contributed by atoms with Gasteiger partial charge in [-0.05, 0) is 19.1 Å². The summed E-state index contributed by atoms with van der Waals surface area (Å²) in [7, 11) is 0. The van der Waals surface area contributed by atoms with E-state index in [9.17, 15) is 4.79 Å². The highest BCUT2D eigenvalue weighted by Gasteiger charge is 2.16. The van der Waals surface area contributed by atoms with Crippen LogP contribution in [0.1, 0.15) is 17.4 Å². The van der Waals surface area contributed by atoms with E-state index in [1.54, 1.807) is 15.8 Å². The topological polar surface area (TPSA) is 33.2 Å². The van der Waals surface area contributed by atoms with Crippen LogP contribution in [-0.4, -0.2) is 17.4 Å². The van der Waals surface area contributed by atoms with Gasteiger partial charge in [0.2, 0.25) is 0 Å². The van der Waals surface area contributed by atoms with Crippen molar-refractivity contribution in [2.45, 2.75) is 6.92 Å². The molecule has 0 fully saturated rings. The number of hydrogen-bond donors (Lipinski definition) is 0. The minimum Gasteiger partial charge on any atom is -0.307 e. The third kappa shape index (κ3) is 2.12. The highest BCUT2D eigenvalue weighted by atomic mass is 32.1. The Bertz CT molecular complexity index is 453. The number of carbonyl (C=O) groups excluding carboxylic acids is 1. The van der Waals surface area contributed by atoms with Crippen LogP contribution in [0, 0.1) is 0 Å². The second-order valence-electron chi connectivity index (χ2n) is 3.26. The Labute approximate surface area is 98.4 Å². The van der Waals surface area contributed by atoms with Crippen LogP contribution in [0.2, 0.25) is 0 Å². The van der Waals surface area contributed by atoms with Crippen molar-refractivity contribution in [1.82, 2.24) is 4.98 Å². The van der Waals surface area contributed by atoms with E-state index in [4.69, 9.17) is 0 Å². The van der Waals surface area contributed by atoms with Gasteiger partial charge in [0, 0.05) is 17.6 Å². The summed E-state index contributed by atoms with van der Waals surface area (Å²) < 4.78 is 0. The molecule has 0 radical (unpaired) electrons. The van der Waals surface area contributed by atoms with Gasteiger partial charge >= 0.3 is 0 Å². The van der Waals surface area contributed by atoms with Gasteiger partial charge in [-0.3, -0.25) is 4.79 Å². The molecule has 0 unspecified atom stereocenters. The van der Waals surface area contributed by atoms with Crippen molar-refractivity contribution < 1.29 is 4.79 Å². The van der Waals surface area contributed by atoms with E-state index in [2.05, 4.69) is 4.98 Å². The third-order valence-electron chi connectivity index (χ3n) is 2.28. The number of nitrogens with zero attached hydrogens (tertiary/aromatic N) is 2. The lowest BCUT2D eigenvalue weighted by Crippen LogP contribution is -2.30. The Morgan fingerprint density at radius 2 is 2.12 bits per heavy atom. The van der Waals surface area contributed by atoms with Crippen molar-refractivity contribution in [3.05, 3.63) is 46.9 Å². The number of anilines is 1. The molecule has 1 heterocycles. The molecule has 3 nitrogen and oxygen atoms in total. The zero-order valence-corrected chi connectivity index (χ0v) is 9.78. The van der Waals surface area contributed by atoms with Crippen LogP contribution in [-0.2, 0) is 0 Å². The van der Waals surface area contributed by atoms with E-state index in [1.165, 1.54) is 11.3 Å². The molecule has 2 rings (SSSR count). The highest BCUT2D eigenvalue weighted by molar-refractivity contribution is 7.07. The van der Waals surface area contributed by atoms with Crippen LogP contribution >= 0.6 is 11.3 Å². The highest BCUT2D eigenvalue weighted by Crippen LogP contribution is 2.16. The van der Waals surface area contributed by atoms with Gasteiger partial charge < -0.3 is 4.90 Å². The number of aromatic nitrogens is 1. The van der Waals surface area contributed by atoms with Crippen LogP contribution in [0.5, 0.6) is 0 Å². The molecule has 0 N–H and O–H groups in total. The fourth-order valence-corrected chi connectivity index (χ4v) is 2.03. The molecule has 82 valence electrons. The maximum absolute atomic E-state index is 12.1. The summed E-state index contributed by atoms with van der Waals surface area (Å²) in [5.41, 5.74) is 3.09. The fourth-order valence-electron chi connectivity index (χ4n) is 1.51. The molecule has 0 aliphatic carbocycles. The average molecular weight is 232 g/mol. The molecule has 2 aromatic rings. The van der Waals surface area contributed by atoms with Gasteiger partial charge in [0.15, 0.2) is 0 Å². The quantitative estimate of drug-likeness (QED) is 0.815. The van der Waals surface area contributed by atoms with E-state index in [-0.39, 0.29) is 5.91 Å². The fraction of sp³-hybridized carbons (Fsp3) is 0.167. The molecule has 0 saturated heterocycles. The first-order valence-corrected chi connectivity index (χ1v) is 6.02. The molecule has 0 aliphatic heterocycles. The second-order valence-corrected chi connectivity index (χ2v) is 3.98. The van der Waals surface area contributed by atoms with Gasteiger partial charge in [-0.25, -0.2) is 4.98 Å². The number of amides is 1. The van der Waals surface area contributed by atoms with Crippen molar-refractivity contribution in [1.29, 1.82) is 0 Å². The summed E-state index contributed by atoms with van der Waals surface area (Å²) in [6.45, 7) is 2.59. The zero-order valence-electron chi connectivity index (χ0n) is 8.96. The molecule has 0 aliphatic rings. The Hall–Kier alpha value is -1.68. The number of para-hydroxylation sites is 1. The van der Waals surface area contributed by atoms with E-state index in [0.29, 0.717) is 12.2 Å². The van der Waals surface area contributed by atoms with Crippen molar-refractivity contribution in [3.63, 3.8) is 0 Å². The number of rotatable bonds is 3. The van der Waals surface area contributed by atoms with E-state index < -0.39 is 0 Å². The molecule has 16 heavy (non-hydrogen) atoms. The van der Waals surface area contributed by atoms with Gasteiger partial charge in [0.1, 0.15) is 5.69 Å². The average Bonchev–Trinajstić information content (AvgIpc) is 2.85. The molecule has 1 amide bonds. The first-order chi connectivity index (χ1) is 7.83. The number of thiazole rings is 1. The zero-order chi connectivity index (χ0) is 11.4. The molecule has 4 heteroatoms. The third-order valence-corrected chi connectivity index (χ3v) is 2.87. The first kappa shape index (κ1) is 10.8. The molecule has 0 atom stereocenters. The molecule has 0 saturated carbocycles. The smallest absolute Gasteiger partial charge is 0.277 e. The Balaban J connectivity index is 2.27. The monoisotopic (exact) mass is 232 g/mol. The summed E-state index contributed by atoms with van der Waals surface area (Å²) >= 11 is 1.43. The Kier molecular flexibility index (Phi) is 3.31. The maximum Gasteiger partial charge on any atom is 0.277 e. The molecule has 1 aromatic heterocycles. The molecular weight excluding hydrogens is 220 g/mol. The normalized spacial score (nSPS) is 10.1. The van der Waals surface area contributed by atoms with E-state index >= 15 is 0 Å². The van der Waals surface area contributed by atoms with Crippen LogP contribution in [0.4, 0.5) is 5.69 Å². The summed E-state index contributed by atoms with van der Waals surface area (Å²) in [6.07, 6.45) is 0. The Morgan fingerprint density at radius 1 is 1.38 bits per heavy atom. The van der Waals surface area contributed by atoms with E-state index in [1.807, 2.05) is 37.3 Å². The largest absolute Gasteiger partial charge is 0.307 e. The van der Waals surface area contributed by atoms with Gasteiger partial charge in [-0.15, -0.1) is 11.3 Å². The summed E-state index contributed by atoms with van der Waals surface area (Å²) in [5.74, 6) is -0.0463. The number of carbonyl (C=O) groups is 1. The van der Waals surface area contributed by atoms with Crippen molar-refractivity contribution in [2.75, 3.05) is 11.4 Å². The predicted octanol–water partition coefficient (Wildman–Crippen LogP) is 2.81. The Morgan fingerprint density at radius 3 is 2.69 bits per heavy atom. The van der Waals surface area contributed by atoms with Crippen LogP contribution < -0.4 is 4.90 Å². The SMILES string of the molecule is CCN(C(=O)c1cscn1)c1ccccc1. The van der Waals surface area contributed by atoms with Gasteiger partial charge in [-0.2, -0.15) is 0 Å². The maximum atomic E-state index is 12.1. The summed E-state index contributed by atoms with van der Waals surface area (Å²) in [5, 5.41) is 1.77. The minimum atomic E-state index is -0.0463. The van der Waals surface area contributed by atoms with Crippen molar-refractivity contribution in [2.24, 2.45) is 0 Å². The first-order valence-electron chi connectivity index (χ1n) is 5.08. The summed E-state index contributed by atoms with van der Waals surface area (Å²) in [4.78, 5) is 17.9. The van der Waals surface area contributed by atoms with Gasteiger partial charge in [0.25, 0.3) is 5.91 Å². The predicted molar refractivity (Wildman–Crippen MR) is 65.9 cm³/mol. The van der Waals surface area contributed by atoms with Gasteiger partial charge in [0.05, 0.1) is 5.51 Å². The van der Waals surface area contributed by atoms with Crippen LogP contribution in [0.25, 0.3) is 0 Å². The van der Waals surface area contributed by atoms with Gasteiger partial charge in [-0.1, -0.05) is 18.2 Å². The molecule has 0 bridgehead atoms. The molecule has 0 spiro atoms. The number of hydrogen-bond acceptors (Lipinski definition) is 3. The van der Waals surface area contributed by atoms with Crippen LogP contribution in [0.3, 0.4) is 0 Å².